The largest absolute Gasteiger partial charge is 0.316 e. The van der Waals surface area contributed by atoms with Crippen molar-refractivity contribution in [2.24, 2.45) is 17.8 Å². The van der Waals surface area contributed by atoms with Crippen LogP contribution in [0.3, 0.4) is 0 Å². The summed E-state index contributed by atoms with van der Waals surface area (Å²) in [5.41, 5.74) is 0. The topological polar surface area (TPSA) is 15.3 Å². The summed E-state index contributed by atoms with van der Waals surface area (Å²) < 4.78 is 0. The maximum atomic E-state index is 3.51. The van der Waals surface area contributed by atoms with Crippen molar-refractivity contribution in [3.05, 3.63) is 0 Å². The fraction of sp³-hybridized carbons (Fsp3) is 1.00. The molecule has 2 nitrogen and oxygen atoms in total. The summed E-state index contributed by atoms with van der Waals surface area (Å²) in [6, 6.07) is 0. The van der Waals surface area contributed by atoms with E-state index < -0.39 is 0 Å². The van der Waals surface area contributed by atoms with E-state index in [0.29, 0.717) is 0 Å². The highest BCUT2D eigenvalue weighted by Gasteiger charge is 2.25. The number of hydrogen-bond donors (Lipinski definition) is 1. The lowest BCUT2D eigenvalue weighted by Crippen LogP contribution is -2.33. The average Bonchev–Trinajstić information content (AvgIpc) is 2.48. The lowest BCUT2D eigenvalue weighted by molar-refractivity contribution is 0.223. The minimum atomic E-state index is 0.880. The quantitative estimate of drug-likeness (QED) is 0.749. The van der Waals surface area contributed by atoms with Crippen molar-refractivity contribution in [1.29, 1.82) is 0 Å². The molecule has 1 unspecified atom stereocenters. The minimum Gasteiger partial charge on any atom is -0.316 e. The van der Waals surface area contributed by atoms with Crippen LogP contribution in [-0.4, -0.2) is 37.6 Å². The van der Waals surface area contributed by atoms with E-state index in [1.807, 2.05) is 0 Å². The van der Waals surface area contributed by atoms with E-state index in [0.717, 1.165) is 17.8 Å². The van der Waals surface area contributed by atoms with Crippen molar-refractivity contribution in [3.63, 3.8) is 0 Å². The molecular formula is C13H26N2. The fourth-order valence-electron chi connectivity index (χ4n) is 2.95. The van der Waals surface area contributed by atoms with Crippen LogP contribution in [0.5, 0.6) is 0 Å². The van der Waals surface area contributed by atoms with Crippen molar-refractivity contribution in [2.75, 3.05) is 32.7 Å². The first kappa shape index (κ1) is 11.4. The molecule has 0 aromatic heterocycles. The van der Waals surface area contributed by atoms with Crippen molar-refractivity contribution in [1.82, 2.24) is 10.2 Å². The molecule has 2 heterocycles. The molecule has 15 heavy (non-hydrogen) atoms. The molecule has 88 valence electrons. The van der Waals surface area contributed by atoms with E-state index in [2.05, 4.69) is 24.1 Å². The second-order valence-electron chi connectivity index (χ2n) is 5.73. The van der Waals surface area contributed by atoms with Crippen LogP contribution < -0.4 is 5.32 Å². The van der Waals surface area contributed by atoms with Gasteiger partial charge in [-0.05, 0) is 63.2 Å². The van der Waals surface area contributed by atoms with E-state index in [1.165, 1.54) is 52.0 Å². The summed E-state index contributed by atoms with van der Waals surface area (Å²) in [7, 11) is 0. The molecule has 0 spiro atoms. The third-order valence-electron chi connectivity index (χ3n) is 4.28. The zero-order valence-electron chi connectivity index (χ0n) is 10.3. The normalized spacial score (nSPS) is 39.2. The smallest absolute Gasteiger partial charge is 0.00248 e. The van der Waals surface area contributed by atoms with Gasteiger partial charge in [0.2, 0.25) is 0 Å². The van der Waals surface area contributed by atoms with Gasteiger partial charge in [-0.25, -0.2) is 0 Å². The van der Waals surface area contributed by atoms with Gasteiger partial charge in [0, 0.05) is 6.54 Å². The van der Waals surface area contributed by atoms with Crippen molar-refractivity contribution in [3.8, 4) is 0 Å². The highest BCUT2D eigenvalue weighted by atomic mass is 15.1. The third-order valence-corrected chi connectivity index (χ3v) is 4.28. The Kier molecular flexibility index (Phi) is 4.04. The Balaban J connectivity index is 1.78. The zero-order valence-corrected chi connectivity index (χ0v) is 10.3. The second kappa shape index (κ2) is 5.31. The predicted molar refractivity (Wildman–Crippen MR) is 65.0 cm³/mol. The highest BCUT2D eigenvalue weighted by molar-refractivity contribution is 4.81. The standard InChI is InChI=1S/C13H26N2/c1-11-4-3-6-15(7-5-11)10-13-9-14-8-12(13)2/h11-14H,3-10H2,1-2H3/t11?,12-,13+/m1/s1. The molecule has 2 heteroatoms. The first-order valence-electron chi connectivity index (χ1n) is 6.69. The van der Waals surface area contributed by atoms with Gasteiger partial charge in [-0.2, -0.15) is 0 Å². The molecule has 2 aliphatic heterocycles. The average molecular weight is 210 g/mol. The first-order chi connectivity index (χ1) is 7.25. The number of likely N-dealkylation sites (tertiary alicyclic amines) is 1. The molecule has 0 aromatic rings. The molecular weight excluding hydrogens is 184 g/mol. The van der Waals surface area contributed by atoms with Crippen LogP contribution in [0.25, 0.3) is 0 Å². The molecule has 0 bridgehead atoms. The van der Waals surface area contributed by atoms with E-state index >= 15 is 0 Å². The molecule has 1 N–H and O–H groups in total. The summed E-state index contributed by atoms with van der Waals surface area (Å²) in [6.07, 6.45) is 4.26. The van der Waals surface area contributed by atoms with Crippen LogP contribution in [0.4, 0.5) is 0 Å². The molecule has 0 saturated carbocycles. The summed E-state index contributed by atoms with van der Waals surface area (Å²) in [5, 5.41) is 3.51. The molecule has 0 aromatic carbocycles. The Morgan fingerprint density at radius 3 is 2.73 bits per heavy atom. The molecule has 0 amide bonds. The van der Waals surface area contributed by atoms with Gasteiger partial charge < -0.3 is 10.2 Å². The van der Waals surface area contributed by atoms with Gasteiger partial charge in [-0.1, -0.05) is 13.8 Å². The van der Waals surface area contributed by atoms with Crippen molar-refractivity contribution in [2.45, 2.75) is 33.1 Å². The van der Waals surface area contributed by atoms with Gasteiger partial charge in [0.05, 0.1) is 0 Å². The monoisotopic (exact) mass is 210 g/mol. The van der Waals surface area contributed by atoms with Crippen LogP contribution >= 0.6 is 0 Å². The van der Waals surface area contributed by atoms with Gasteiger partial charge in [0.25, 0.3) is 0 Å². The summed E-state index contributed by atoms with van der Waals surface area (Å²) >= 11 is 0. The molecule has 3 atom stereocenters. The lowest BCUT2D eigenvalue weighted by Gasteiger charge is -2.25. The minimum absolute atomic E-state index is 0.880. The Bertz CT molecular complexity index is 193. The number of nitrogens with one attached hydrogen (secondary N) is 1. The number of nitrogens with zero attached hydrogens (tertiary/aromatic N) is 1. The van der Waals surface area contributed by atoms with Gasteiger partial charge >= 0.3 is 0 Å². The SMILES string of the molecule is CC1CCCN(C[C@@H]2CNC[C@H]2C)CC1. The fourth-order valence-corrected chi connectivity index (χ4v) is 2.95. The Hall–Kier alpha value is -0.0800. The van der Waals surface area contributed by atoms with E-state index in [1.54, 1.807) is 0 Å². The highest BCUT2D eigenvalue weighted by Crippen LogP contribution is 2.21. The molecule has 0 radical (unpaired) electrons. The summed E-state index contributed by atoms with van der Waals surface area (Å²) in [5.74, 6) is 2.73. The number of hydrogen-bond acceptors (Lipinski definition) is 2. The number of rotatable bonds is 2. The molecule has 2 fully saturated rings. The van der Waals surface area contributed by atoms with Gasteiger partial charge in [-0.3, -0.25) is 0 Å². The van der Waals surface area contributed by atoms with Gasteiger partial charge in [0.1, 0.15) is 0 Å². The van der Waals surface area contributed by atoms with Crippen molar-refractivity contribution >= 4 is 0 Å². The molecule has 0 aliphatic carbocycles. The van der Waals surface area contributed by atoms with E-state index in [4.69, 9.17) is 0 Å². The van der Waals surface area contributed by atoms with E-state index in [9.17, 15) is 0 Å². The maximum absolute atomic E-state index is 3.51. The van der Waals surface area contributed by atoms with Crippen LogP contribution in [0.15, 0.2) is 0 Å². The Labute approximate surface area is 94.4 Å². The Morgan fingerprint density at radius 1 is 1.13 bits per heavy atom. The van der Waals surface area contributed by atoms with Crippen LogP contribution in [0, 0.1) is 17.8 Å². The lowest BCUT2D eigenvalue weighted by atomic mass is 9.97. The molecule has 2 saturated heterocycles. The molecule has 2 aliphatic rings. The third kappa shape index (κ3) is 3.18. The Morgan fingerprint density at radius 2 is 2.00 bits per heavy atom. The van der Waals surface area contributed by atoms with Gasteiger partial charge in [-0.15, -0.1) is 0 Å². The first-order valence-corrected chi connectivity index (χ1v) is 6.69. The van der Waals surface area contributed by atoms with Crippen LogP contribution in [-0.2, 0) is 0 Å². The summed E-state index contributed by atoms with van der Waals surface area (Å²) in [4.78, 5) is 2.71. The maximum Gasteiger partial charge on any atom is 0.00248 e. The van der Waals surface area contributed by atoms with Crippen LogP contribution in [0.1, 0.15) is 33.1 Å². The predicted octanol–water partition coefficient (Wildman–Crippen LogP) is 1.96. The van der Waals surface area contributed by atoms with Crippen molar-refractivity contribution < 1.29 is 0 Å². The van der Waals surface area contributed by atoms with Crippen LogP contribution in [0.2, 0.25) is 0 Å². The zero-order chi connectivity index (χ0) is 10.7. The van der Waals surface area contributed by atoms with Gasteiger partial charge in [0.15, 0.2) is 0 Å². The second-order valence-corrected chi connectivity index (χ2v) is 5.73. The molecule has 2 rings (SSSR count). The van der Waals surface area contributed by atoms with E-state index in [-0.39, 0.29) is 0 Å². The summed E-state index contributed by atoms with van der Waals surface area (Å²) in [6.45, 7) is 11.3.